The average Bonchev–Trinajstić information content (AvgIpc) is 2.47. The first-order valence-electron chi connectivity index (χ1n) is 7.61. The van der Waals surface area contributed by atoms with Gasteiger partial charge in [0.05, 0.1) is 6.61 Å². The van der Waals surface area contributed by atoms with Crippen LogP contribution >= 0.6 is 0 Å². The van der Waals surface area contributed by atoms with Crippen molar-refractivity contribution >= 4 is 11.9 Å². The Kier molecular flexibility index (Phi) is 12.1. The van der Waals surface area contributed by atoms with Gasteiger partial charge in [0, 0.05) is 12.2 Å². The molecule has 0 fully saturated rings. The summed E-state index contributed by atoms with van der Waals surface area (Å²) in [6.45, 7) is 4.15. The number of carbonyl (C=O) groups excluding carboxylic acids is 2. The lowest BCUT2D eigenvalue weighted by molar-refractivity contribution is -0.141. The molecule has 0 amide bonds. The van der Waals surface area contributed by atoms with Crippen LogP contribution in [0.5, 0.6) is 0 Å². The van der Waals surface area contributed by atoms with E-state index in [2.05, 4.69) is 12.8 Å². The van der Waals surface area contributed by atoms with Crippen molar-refractivity contribution in [3.8, 4) is 12.3 Å². The maximum Gasteiger partial charge on any atom is 0.332 e. The number of unbranched alkanes of at least 4 members (excludes halogenated alkanes) is 6. The SMILES string of the molecule is C#CC(C)OC(=O)/C=C/C(=O)OCCCCCCCCC. The minimum atomic E-state index is -0.645. The van der Waals surface area contributed by atoms with Crippen LogP contribution < -0.4 is 0 Å². The van der Waals surface area contributed by atoms with Gasteiger partial charge in [-0.1, -0.05) is 51.4 Å². The van der Waals surface area contributed by atoms with Crippen molar-refractivity contribution in [2.45, 2.75) is 64.9 Å². The van der Waals surface area contributed by atoms with Crippen molar-refractivity contribution in [2.24, 2.45) is 0 Å². The van der Waals surface area contributed by atoms with Crippen molar-refractivity contribution in [3.63, 3.8) is 0 Å². The van der Waals surface area contributed by atoms with E-state index in [-0.39, 0.29) is 0 Å². The second-order valence-electron chi connectivity index (χ2n) is 4.87. The molecule has 0 aliphatic rings. The molecule has 0 rings (SSSR count). The molecule has 1 atom stereocenters. The molecule has 0 aromatic carbocycles. The van der Waals surface area contributed by atoms with Crippen molar-refractivity contribution in [3.05, 3.63) is 12.2 Å². The Morgan fingerprint density at radius 1 is 1.05 bits per heavy atom. The number of terminal acetylenes is 1. The minimum absolute atomic E-state index is 0.382. The third kappa shape index (κ3) is 13.0. The van der Waals surface area contributed by atoms with E-state index in [1.54, 1.807) is 6.92 Å². The molecule has 1 unspecified atom stereocenters. The zero-order chi connectivity index (χ0) is 15.9. The quantitative estimate of drug-likeness (QED) is 0.254. The van der Waals surface area contributed by atoms with Gasteiger partial charge in [-0.25, -0.2) is 9.59 Å². The zero-order valence-corrected chi connectivity index (χ0v) is 13.1. The molecule has 4 heteroatoms. The van der Waals surface area contributed by atoms with Crippen molar-refractivity contribution in [2.75, 3.05) is 6.61 Å². The van der Waals surface area contributed by atoms with Crippen LogP contribution in [-0.4, -0.2) is 24.6 Å². The molecule has 0 bridgehead atoms. The summed E-state index contributed by atoms with van der Waals surface area (Å²) < 4.78 is 9.75. The Morgan fingerprint density at radius 3 is 2.24 bits per heavy atom. The van der Waals surface area contributed by atoms with Crippen LogP contribution in [0.3, 0.4) is 0 Å². The Morgan fingerprint density at radius 2 is 1.62 bits per heavy atom. The molecule has 0 saturated carbocycles. The van der Waals surface area contributed by atoms with Crippen LogP contribution in [0.2, 0.25) is 0 Å². The van der Waals surface area contributed by atoms with Gasteiger partial charge in [0.1, 0.15) is 0 Å². The van der Waals surface area contributed by atoms with E-state index in [1.165, 1.54) is 32.1 Å². The number of esters is 2. The van der Waals surface area contributed by atoms with E-state index in [1.807, 2.05) is 0 Å². The third-order valence-electron chi connectivity index (χ3n) is 2.88. The molecule has 4 nitrogen and oxygen atoms in total. The highest BCUT2D eigenvalue weighted by atomic mass is 16.5. The predicted octanol–water partition coefficient (Wildman–Crippen LogP) is 3.40. The van der Waals surface area contributed by atoms with E-state index in [0.29, 0.717) is 6.61 Å². The molecule has 0 heterocycles. The number of hydrogen-bond donors (Lipinski definition) is 0. The van der Waals surface area contributed by atoms with E-state index >= 15 is 0 Å². The summed E-state index contributed by atoms with van der Waals surface area (Å²) in [5.41, 5.74) is 0. The van der Waals surface area contributed by atoms with E-state index < -0.39 is 18.0 Å². The summed E-state index contributed by atoms with van der Waals surface area (Å²) in [6, 6.07) is 0. The van der Waals surface area contributed by atoms with Crippen LogP contribution in [0.15, 0.2) is 12.2 Å². The monoisotopic (exact) mass is 294 g/mol. The molecule has 21 heavy (non-hydrogen) atoms. The fourth-order valence-electron chi connectivity index (χ4n) is 1.66. The molecule has 0 aliphatic carbocycles. The first-order chi connectivity index (χ1) is 10.1. The highest BCUT2D eigenvalue weighted by molar-refractivity contribution is 5.91. The molecular weight excluding hydrogens is 268 g/mol. The van der Waals surface area contributed by atoms with E-state index in [4.69, 9.17) is 15.9 Å². The number of ether oxygens (including phenoxy) is 2. The summed E-state index contributed by atoms with van der Waals surface area (Å²) in [5.74, 6) is 1.08. The highest BCUT2D eigenvalue weighted by Gasteiger charge is 2.04. The molecule has 0 aromatic rings. The van der Waals surface area contributed by atoms with Crippen LogP contribution in [-0.2, 0) is 19.1 Å². The lowest BCUT2D eigenvalue weighted by Crippen LogP contribution is -2.11. The summed E-state index contributed by atoms with van der Waals surface area (Å²) in [4.78, 5) is 22.5. The van der Waals surface area contributed by atoms with Gasteiger partial charge in [-0.15, -0.1) is 6.42 Å². The largest absolute Gasteiger partial charge is 0.463 e. The Hall–Kier alpha value is -1.76. The topological polar surface area (TPSA) is 52.6 Å². The van der Waals surface area contributed by atoms with Crippen LogP contribution in [0.4, 0.5) is 0 Å². The Labute approximate surface area is 127 Å². The van der Waals surface area contributed by atoms with Gasteiger partial charge in [0.25, 0.3) is 0 Å². The van der Waals surface area contributed by atoms with Crippen LogP contribution in [0.25, 0.3) is 0 Å². The normalized spacial score (nSPS) is 11.9. The minimum Gasteiger partial charge on any atom is -0.463 e. The number of rotatable bonds is 11. The lowest BCUT2D eigenvalue weighted by atomic mass is 10.1. The standard InChI is InChI=1S/C17H26O4/c1-4-6-7-8-9-10-11-14-20-16(18)12-13-17(19)21-15(3)5-2/h2,12-13,15H,4,6-11,14H2,1,3H3/b13-12+. The fourth-order valence-corrected chi connectivity index (χ4v) is 1.66. The summed E-state index contributed by atoms with van der Waals surface area (Å²) in [5, 5.41) is 0. The van der Waals surface area contributed by atoms with Crippen molar-refractivity contribution in [1.82, 2.24) is 0 Å². The number of carbonyl (C=O) groups is 2. The highest BCUT2D eigenvalue weighted by Crippen LogP contribution is 2.06. The third-order valence-corrected chi connectivity index (χ3v) is 2.88. The second kappa shape index (κ2) is 13.2. The lowest BCUT2D eigenvalue weighted by Gasteiger charge is -2.04. The van der Waals surface area contributed by atoms with Gasteiger partial charge in [-0.2, -0.15) is 0 Å². The van der Waals surface area contributed by atoms with Gasteiger partial charge in [-0.05, 0) is 13.3 Å². The zero-order valence-electron chi connectivity index (χ0n) is 13.1. The Bertz CT molecular complexity index is 365. The molecule has 0 radical (unpaired) electrons. The summed E-state index contributed by atoms with van der Waals surface area (Å²) in [7, 11) is 0. The van der Waals surface area contributed by atoms with Crippen LogP contribution in [0, 0.1) is 12.3 Å². The van der Waals surface area contributed by atoms with Crippen LogP contribution in [0.1, 0.15) is 58.8 Å². The average molecular weight is 294 g/mol. The van der Waals surface area contributed by atoms with Gasteiger partial charge < -0.3 is 9.47 Å². The molecule has 118 valence electrons. The Balaban J connectivity index is 3.58. The first-order valence-corrected chi connectivity index (χ1v) is 7.61. The smallest absolute Gasteiger partial charge is 0.332 e. The maximum atomic E-state index is 11.3. The van der Waals surface area contributed by atoms with E-state index in [9.17, 15) is 9.59 Å². The van der Waals surface area contributed by atoms with Gasteiger partial charge >= 0.3 is 11.9 Å². The predicted molar refractivity (Wildman–Crippen MR) is 82.5 cm³/mol. The number of hydrogen-bond acceptors (Lipinski definition) is 4. The van der Waals surface area contributed by atoms with Gasteiger partial charge in [0.15, 0.2) is 6.10 Å². The summed E-state index contributed by atoms with van der Waals surface area (Å²) >= 11 is 0. The molecule has 0 N–H and O–H groups in total. The molecule has 0 aliphatic heterocycles. The first kappa shape index (κ1) is 19.2. The summed E-state index contributed by atoms with van der Waals surface area (Å²) in [6.07, 6.45) is 14.7. The van der Waals surface area contributed by atoms with E-state index in [0.717, 1.165) is 25.0 Å². The fraction of sp³-hybridized carbons (Fsp3) is 0.647. The molecule has 0 spiro atoms. The van der Waals surface area contributed by atoms with Gasteiger partial charge in [0.2, 0.25) is 0 Å². The van der Waals surface area contributed by atoms with Gasteiger partial charge in [-0.3, -0.25) is 0 Å². The molecular formula is C17H26O4. The maximum absolute atomic E-state index is 11.3. The van der Waals surface area contributed by atoms with Crippen molar-refractivity contribution in [1.29, 1.82) is 0 Å². The van der Waals surface area contributed by atoms with Crippen molar-refractivity contribution < 1.29 is 19.1 Å². The molecule has 0 saturated heterocycles. The molecule has 0 aromatic heterocycles. The second-order valence-corrected chi connectivity index (χ2v) is 4.87.